The van der Waals surface area contributed by atoms with Crippen molar-refractivity contribution in [1.29, 1.82) is 0 Å². The average molecular weight is 281 g/mol. The van der Waals surface area contributed by atoms with E-state index < -0.39 is 10.0 Å². The Labute approximate surface area is 111 Å². The van der Waals surface area contributed by atoms with Crippen LogP contribution in [0.4, 0.5) is 5.88 Å². The average Bonchev–Trinajstić information content (AvgIpc) is 2.75. The second-order valence-electron chi connectivity index (χ2n) is 4.11. The smallest absolute Gasteiger partial charge is 0.264 e. The molecule has 0 aliphatic rings. The minimum Gasteiger partial charge on any atom is -0.338 e. The SMILES string of the molecule is CNCc1ccc(S(=O)(=O)Nc2cc(C)no2)cc1. The van der Waals surface area contributed by atoms with Crippen molar-refractivity contribution >= 4 is 15.9 Å². The molecule has 6 nitrogen and oxygen atoms in total. The van der Waals surface area contributed by atoms with Gasteiger partial charge in [0.1, 0.15) is 0 Å². The van der Waals surface area contributed by atoms with Crippen LogP contribution in [0.3, 0.4) is 0 Å². The summed E-state index contributed by atoms with van der Waals surface area (Å²) in [6.07, 6.45) is 0. The van der Waals surface area contributed by atoms with E-state index in [2.05, 4.69) is 15.2 Å². The van der Waals surface area contributed by atoms with Crippen molar-refractivity contribution < 1.29 is 12.9 Å². The highest BCUT2D eigenvalue weighted by Gasteiger charge is 2.16. The number of rotatable bonds is 5. The Balaban J connectivity index is 2.19. The van der Waals surface area contributed by atoms with Crippen LogP contribution < -0.4 is 10.0 Å². The van der Waals surface area contributed by atoms with Crippen LogP contribution in [0.2, 0.25) is 0 Å². The maximum Gasteiger partial charge on any atom is 0.264 e. The Bertz CT molecular complexity index is 647. The molecular weight excluding hydrogens is 266 g/mol. The van der Waals surface area contributed by atoms with E-state index >= 15 is 0 Å². The van der Waals surface area contributed by atoms with Crippen molar-refractivity contribution in [2.45, 2.75) is 18.4 Å². The monoisotopic (exact) mass is 281 g/mol. The Morgan fingerprint density at radius 3 is 2.47 bits per heavy atom. The van der Waals surface area contributed by atoms with Gasteiger partial charge < -0.3 is 9.84 Å². The summed E-state index contributed by atoms with van der Waals surface area (Å²) in [6.45, 7) is 2.41. The van der Waals surface area contributed by atoms with Gasteiger partial charge in [-0.15, -0.1) is 0 Å². The molecule has 0 saturated heterocycles. The van der Waals surface area contributed by atoms with Gasteiger partial charge in [0.2, 0.25) is 5.88 Å². The van der Waals surface area contributed by atoms with E-state index in [4.69, 9.17) is 4.52 Å². The lowest BCUT2D eigenvalue weighted by molar-refractivity contribution is 0.430. The van der Waals surface area contributed by atoms with Gasteiger partial charge >= 0.3 is 0 Å². The van der Waals surface area contributed by atoms with Crippen LogP contribution in [-0.2, 0) is 16.6 Å². The minimum atomic E-state index is -3.64. The van der Waals surface area contributed by atoms with E-state index in [1.807, 2.05) is 7.05 Å². The molecule has 7 heteroatoms. The molecule has 2 aromatic rings. The van der Waals surface area contributed by atoms with Gasteiger partial charge in [0.05, 0.1) is 10.6 Å². The van der Waals surface area contributed by atoms with Gasteiger partial charge in [-0.25, -0.2) is 13.1 Å². The molecule has 1 heterocycles. The Morgan fingerprint density at radius 1 is 1.26 bits per heavy atom. The summed E-state index contributed by atoms with van der Waals surface area (Å²) < 4.78 is 31.3. The predicted octanol–water partition coefficient (Wildman–Crippen LogP) is 1.50. The van der Waals surface area contributed by atoms with Gasteiger partial charge in [0.25, 0.3) is 10.0 Å². The van der Waals surface area contributed by atoms with Crippen LogP contribution in [0.25, 0.3) is 0 Å². The summed E-state index contributed by atoms with van der Waals surface area (Å²) >= 11 is 0. The Morgan fingerprint density at radius 2 is 1.95 bits per heavy atom. The van der Waals surface area contributed by atoms with Gasteiger partial charge in [-0.3, -0.25) is 0 Å². The van der Waals surface area contributed by atoms with Crippen molar-refractivity contribution in [3.05, 3.63) is 41.6 Å². The molecule has 2 N–H and O–H groups in total. The number of anilines is 1. The van der Waals surface area contributed by atoms with Crippen LogP contribution in [-0.4, -0.2) is 20.6 Å². The lowest BCUT2D eigenvalue weighted by Crippen LogP contribution is -2.12. The highest BCUT2D eigenvalue weighted by molar-refractivity contribution is 7.92. The van der Waals surface area contributed by atoms with Crippen LogP contribution in [0.1, 0.15) is 11.3 Å². The lowest BCUT2D eigenvalue weighted by atomic mass is 10.2. The van der Waals surface area contributed by atoms with Crippen molar-refractivity contribution in [2.75, 3.05) is 11.8 Å². The molecule has 0 unspecified atom stereocenters. The molecule has 0 aliphatic heterocycles. The molecule has 0 amide bonds. The second-order valence-corrected chi connectivity index (χ2v) is 5.79. The first-order valence-electron chi connectivity index (χ1n) is 5.71. The van der Waals surface area contributed by atoms with Gasteiger partial charge in [-0.1, -0.05) is 17.3 Å². The highest BCUT2D eigenvalue weighted by Crippen LogP contribution is 2.17. The van der Waals surface area contributed by atoms with Crippen molar-refractivity contribution in [1.82, 2.24) is 10.5 Å². The molecule has 0 bridgehead atoms. The van der Waals surface area contributed by atoms with Crippen molar-refractivity contribution in [3.8, 4) is 0 Å². The standard InChI is InChI=1S/C12H15N3O3S/c1-9-7-12(18-14-9)15-19(16,17)11-5-3-10(4-6-11)8-13-2/h3-7,13,15H,8H2,1-2H3. The topological polar surface area (TPSA) is 84.2 Å². The molecule has 2 rings (SSSR count). The number of aryl methyl sites for hydroxylation is 1. The molecule has 19 heavy (non-hydrogen) atoms. The number of nitrogens with one attached hydrogen (secondary N) is 2. The van der Waals surface area contributed by atoms with E-state index in [1.54, 1.807) is 31.2 Å². The zero-order valence-corrected chi connectivity index (χ0v) is 11.5. The van der Waals surface area contributed by atoms with Crippen LogP contribution in [0.5, 0.6) is 0 Å². The van der Waals surface area contributed by atoms with Crippen molar-refractivity contribution in [2.24, 2.45) is 0 Å². The Hall–Kier alpha value is -1.86. The molecule has 1 aromatic heterocycles. The summed E-state index contributed by atoms with van der Waals surface area (Å²) in [6, 6.07) is 8.15. The fraction of sp³-hybridized carbons (Fsp3) is 0.250. The summed E-state index contributed by atoms with van der Waals surface area (Å²) in [5.41, 5.74) is 1.62. The molecule has 0 radical (unpaired) electrons. The minimum absolute atomic E-state index is 0.108. The number of hydrogen-bond acceptors (Lipinski definition) is 5. The molecule has 0 aliphatic carbocycles. The van der Waals surface area contributed by atoms with Crippen molar-refractivity contribution in [3.63, 3.8) is 0 Å². The number of sulfonamides is 1. The fourth-order valence-electron chi connectivity index (χ4n) is 1.59. The van der Waals surface area contributed by atoms with Crippen LogP contribution >= 0.6 is 0 Å². The zero-order chi connectivity index (χ0) is 13.9. The quantitative estimate of drug-likeness (QED) is 0.867. The molecule has 0 saturated carbocycles. The van der Waals surface area contributed by atoms with Gasteiger partial charge in [-0.2, -0.15) is 0 Å². The predicted molar refractivity (Wildman–Crippen MR) is 71.3 cm³/mol. The van der Waals surface area contributed by atoms with Gasteiger partial charge in [0.15, 0.2) is 0 Å². The maximum absolute atomic E-state index is 12.1. The number of benzene rings is 1. The second kappa shape index (κ2) is 5.41. The number of nitrogens with zero attached hydrogens (tertiary/aromatic N) is 1. The molecule has 102 valence electrons. The van der Waals surface area contributed by atoms with Crippen LogP contribution in [0.15, 0.2) is 39.8 Å². The lowest BCUT2D eigenvalue weighted by Gasteiger charge is -2.06. The molecule has 0 fully saturated rings. The summed E-state index contributed by atoms with van der Waals surface area (Å²) in [7, 11) is -1.80. The van der Waals surface area contributed by atoms with E-state index in [-0.39, 0.29) is 10.8 Å². The third-order valence-electron chi connectivity index (χ3n) is 2.48. The maximum atomic E-state index is 12.1. The molecular formula is C12H15N3O3S. The normalized spacial score (nSPS) is 11.5. The van der Waals surface area contributed by atoms with Gasteiger partial charge in [-0.05, 0) is 31.7 Å². The summed E-state index contributed by atoms with van der Waals surface area (Å²) in [4.78, 5) is 0.182. The highest BCUT2D eigenvalue weighted by atomic mass is 32.2. The fourth-order valence-corrected chi connectivity index (χ4v) is 2.57. The first-order chi connectivity index (χ1) is 9.01. The first kappa shape index (κ1) is 13.6. The number of aromatic nitrogens is 1. The van der Waals surface area contributed by atoms with E-state index in [1.165, 1.54) is 6.07 Å². The third kappa shape index (κ3) is 3.33. The molecule has 1 aromatic carbocycles. The molecule has 0 atom stereocenters. The zero-order valence-electron chi connectivity index (χ0n) is 10.7. The van der Waals surface area contributed by atoms with E-state index in [0.29, 0.717) is 12.2 Å². The van der Waals surface area contributed by atoms with Crippen LogP contribution in [0, 0.1) is 6.92 Å². The van der Waals surface area contributed by atoms with E-state index in [9.17, 15) is 8.42 Å². The number of hydrogen-bond donors (Lipinski definition) is 2. The first-order valence-corrected chi connectivity index (χ1v) is 7.19. The molecule has 0 spiro atoms. The Kier molecular flexibility index (Phi) is 3.87. The van der Waals surface area contributed by atoms with Gasteiger partial charge in [0, 0.05) is 12.6 Å². The summed E-state index contributed by atoms with van der Waals surface area (Å²) in [5.74, 6) is 0.108. The largest absolute Gasteiger partial charge is 0.338 e. The third-order valence-corrected chi connectivity index (χ3v) is 3.84. The van der Waals surface area contributed by atoms with E-state index in [0.717, 1.165) is 5.56 Å². The summed E-state index contributed by atoms with van der Waals surface area (Å²) in [5, 5.41) is 6.62.